The average molecular weight is 299 g/mol. The zero-order valence-corrected chi connectivity index (χ0v) is 10.9. The number of imide groups is 1. The number of carbonyl (C=O) groups excluding carboxylic acids is 2. The Kier molecular flexibility index (Phi) is 3.11. The molecule has 0 aromatic carbocycles. The smallest absolute Gasteiger partial charge is 0.312 e. The predicted molar refractivity (Wildman–Crippen MR) is 66.5 cm³/mol. The lowest BCUT2D eigenvalue weighted by atomic mass is 10.0. The van der Waals surface area contributed by atoms with Gasteiger partial charge in [0.15, 0.2) is 0 Å². The molecule has 0 radical (unpaired) electrons. The van der Waals surface area contributed by atoms with Gasteiger partial charge in [0.25, 0.3) is 5.91 Å². The Morgan fingerprint density at radius 3 is 2.52 bits per heavy atom. The molecule has 0 spiro atoms. The number of hydrogen-bond donors (Lipinski definition) is 0. The fourth-order valence-corrected chi connectivity index (χ4v) is 2.71. The molecule has 3 amide bonds. The summed E-state index contributed by atoms with van der Waals surface area (Å²) in [4.78, 5) is 30.1. The van der Waals surface area contributed by atoms with Crippen LogP contribution in [0.3, 0.4) is 0 Å². The van der Waals surface area contributed by atoms with E-state index in [1.165, 1.54) is 4.90 Å². The number of aromatic nitrogens is 1. The summed E-state index contributed by atoms with van der Waals surface area (Å²) in [5.74, 6) is -0.388. The summed E-state index contributed by atoms with van der Waals surface area (Å²) in [6.45, 7) is 0.500. The van der Waals surface area contributed by atoms with Gasteiger partial charge < -0.3 is 4.90 Å². The van der Waals surface area contributed by atoms with E-state index in [-0.39, 0.29) is 11.6 Å². The van der Waals surface area contributed by atoms with E-state index in [1.807, 2.05) is 0 Å². The molecule has 2 saturated heterocycles. The minimum absolute atomic E-state index is 0.0763. The van der Waals surface area contributed by atoms with Gasteiger partial charge in [0, 0.05) is 6.54 Å². The number of alkyl halides is 3. The minimum Gasteiger partial charge on any atom is -0.312 e. The van der Waals surface area contributed by atoms with Crippen LogP contribution < -0.4 is 4.90 Å². The highest BCUT2D eigenvalue weighted by molar-refractivity contribution is 6.21. The number of piperidine rings is 1. The van der Waals surface area contributed by atoms with Gasteiger partial charge in [-0.3, -0.25) is 4.79 Å². The van der Waals surface area contributed by atoms with Crippen molar-refractivity contribution in [1.29, 1.82) is 0 Å². The van der Waals surface area contributed by atoms with Crippen LogP contribution in [0.15, 0.2) is 18.3 Å². The zero-order valence-electron chi connectivity index (χ0n) is 10.9. The fourth-order valence-electron chi connectivity index (χ4n) is 2.71. The molecule has 2 fully saturated rings. The molecule has 0 saturated carbocycles. The molecular weight excluding hydrogens is 287 g/mol. The number of halogens is 3. The van der Waals surface area contributed by atoms with Gasteiger partial charge in [0.05, 0.1) is 11.9 Å². The van der Waals surface area contributed by atoms with E-state index in [2.05, 4.69) is 4.98 Å². The Hall–Kier alpha value is -2.12. The molecule has 1 aromatic heterocycles. The summed E-state index contributed by atoms with van der Waals surface area (Å²) >= 11 is 0. The second-order valence-corrected chi connectivity index (χ2v) is 5.06. The molecule has 3 rings (SSSR count). The molecule has 3 heterocycles. The maximum Gasteiger partial charge on any atom is 0.433 e. The lowest BCUT2D eigenvalue weighted by molar-refractivity contribution is -0.141. The summed E-state index contributed by atoms with van der Waals surface area (Å²) in [5.41, 5.74) is -0.976. The van der Waals surface area contributed by atoms with Crippen LogP contribution in [0.1, 0.15) is 25.0 Å². The Bertz CT molecular complexity index is 561. The van der Waals surface area contributed by atoms with Gasteiger partial charge in [0.1, 0.15) is 11.7 Å². The predicted octanol–water partition coefficient (Wildman–Crippen LogP) is 2.42. The van der Waals surface area contributed by atoms with Crippen molar-refractivity contribution in [2.24, 2.45) is 0 Å². The molecule has 112 valence electrons. The molecule has 0 bridgehead atoms. The van der Waals surface area contributed by atoms with Crippen LogP contribution in [0, 0.1) is 0 Å². The van der Waals surface area contributed by atoms with Crippen LogP contribution in [0.2, 0.25) is 0 Å². The summed E-state index contributed by atoms with van der Waals surface area (Å²) in [6.07, 6.45) is -1.35. The topological polar surface area (TPSA) is 53.5 Å². The van der Waals surface area contributed by atoms with Crippen LogP contribution in [0.25, 0.3) is 0 Å². The van der Waals surface area contributed by atoms with Gasteiger partial charge in [-0.2, -0.15) is 13.2 Å². The molecule has 2 aliphatic heterocycles. The van der Waals surface area contributed by atoms with Crippen molar-refractivity contribution >= 4 is 17.6 Å². The third kappa shape index (κ3) is 2.24. The highest BCUT2D eigenvalue weighted by Gasteiger charge is 2.46. The molecule has 0 unspecified atom stereocenters. The highest BCUT2D eigenvalue weighted by Crippen LogP contribution is 2.32. The van der Waals surface area contributed by atoms with Crippen molar-refractivity contribution in [1.82, 2.24) is 9.88 Å². The lowest BCUT2D eigenvalue weighted by Crippen LogP contribution is -2.39. The summed E-state index contributed by atoms with van der Waals surface area (Å²) in [7, 11) is 0. The number of pyridine rings is 1. The van der Waals surface area contributed by atoms with E-state index >= 15 is 0 Å². The quantitative estimate of drug-likeness (QED) is 0.748. The molecule has 8 heteroatoms. The molecule has 1 aromatic rings. The third-order valence-corrected chi connectivity index (χ3v) is 3.74. The molecule has 0 N–H and O–H groups in total. The first kappa shape index (κ1) is 13.8. The molecule has 1 atom stereocenters. The number of hydrogen-bond acceptors (Lipinski definition) is 3. The molecule has 21 heavy (non-hydrogen) atoms. The first-order valence-corrected chi connectivity index (χ1v) is 6.57. The highest BCUT2D eigenvalue weighted by atomic mass is 19.4. The Morgan fingerprint density at radius 2 is 1.95 bits per heavy atom. The molecular formula is C13H12F3N3O2. The first-order valence-electron chi connectivity index (χ1n) is 6.57. The van der Waals surface area contributed by atoms with Crippen LogP contribution in [0.5, 0.6) is 0 Å². The summed E-state index contributed by atoms with van der Waals surface area (Å²) in [5, 5.41) is 0. The van der Waals surface area contributed by atoms with Crippen molar-refractivity contribution in [2.45, 2.75) is 31.5 Å². The minimum atomic E-state index is -4.55. The van der Waals surface area contributed by atoms with Crippen molar-refractivity contribution < 1.29 is 22.8 Å². The van der Waals surface area contributed by atoms with E-state index in [9.17, 15) is 22.8 Å². The van der Waals surface area contributed by atoms with Gasteiger partial charge in [-0.05, 0) is 31.4 Å². The monoisotopic (exact) mass is 299 g/mol. The van der Waals surface area contributed by atoms with Crippen molar-refractivity contribution in [3.8, 4) is 0 Å². The molecule has 0 aliphatic carbocycles. The molecule has 5 nitrogen and oxygen atoms in total. The largest absolute Gasteiger partial charge is 0.433 e. The van der Waals surface area contributed by atoms with Gasteiger partial charge in [-0.1, -0.05) is 0 Å². The lowest BCUT2D eigenvalue weighted by Gasteiger charge is -2.25. The number of rotatable bonds is 1. The molecule has 2 aliphatic rings. The van der Waals surface area contributed by atoms with Gasteiger partial charge in [-0.25, -0.2) is 14.7 Å². The van der Waals surface area contributed by atoms with E-state index in [1.54, 1.807) is 0 Å². The summed E-state index contributed by atoms with van der Waals surface area (Å²) in [6, 6.07) is 0.900. The van der Waals surface area contributed by atoms with Gasteiger partial charge >= 0.3 is 12.2 Å². The van der Waals surface area contributed by atoms with Crippen LogP contribution in [-0.2, 0) is 11.0 Å². The van der Waals surface area contributed by atoms with Crippen molar-refractivity contribution in [2.75, 3.05) is 11.4 Å². The van der Waals surface area contributed by atoms with E-state index in [0.717, 1.165) is 36.1 Å². The third-order valence-electron chi connectivity index (χ3n) is 3.74. The van der Waals surface area contributed by atoms with Crippen LogP contribution >= 0.6 is 0 Å². The van der Waals surface area contributed by atoms with Gasteiger partial charge in [-0.15, -0.1) is 0 Å². The number of amides is 3. The number of fused-ring (bicyclic) bond motifs is 1. The number of carbonyl (C=O) groups is 2. The average Bonchev–Trinajstić information content (AvgIpc) is 2.71. The zero-order chi connectivity index (χ0) is 15.2. The Morgan fingerprint density at radius 1 is 1.19 bits per heavy atom. The van der Waals surface area contributed by atoms with E-state index < -0.39 is 23.9 Å². The number of urea groups is 1. The fraction of sp³-hybridized carbons (Fsp3) is 0.462. The van der Waals surface area contributed by atoms with Crippen LogP contribution in [0.4, 0.5) is 23.7 Å². The van der Waals surface area contributed by atoms with Crippen LogP contribution in [-0.4, -0.2) is 34.4 Å². The van der Waals surface area contributed by atoms with E-state index in [0.29, 0.717) is 13.0 Å². The number of nitrogens with zero attached hydrogens (tertiary/aromatic N) is 3. The normalized spacial score (nSPS) is 22.7. The Balaban J connectivity index is 1.90. The standard InChI is InChI=1S/C13H12F3N3O2/c14-13(15,16)10-5-4-8(7-17-10)19-11(20)9-3-1-2-6-18(9)12(19)21/h4-5,7,9H,1-3,6H2/t9-/m1/s1. The second-order valence-electron chi connectivity index (χ2n) is 5.06. The van der Waals surface area contributed by atoms with E-state index in [4.69, 9.17) is 0 Å². The number of anilines is 1. The van der Waals surface area contributed by atoms with Crippen molar-refractivity contribution in [3.63, 3.8) is 0 Å². The maximum atomic E-state index is 12.5. The van der Waals surface area contributed by atoms with Crippen molar-refractivity contribution in [3.05, 3.63) is 24.0 Å². The van der Waals surface area contributed by atoms with Gasteiger partial charge in [0.2, 0.25) is 0 Å². The first-order chi connectivity index (χ1) is 9.89. The summed E-state index contributed by atoms with van der Waals surface area (Å²) < 4.78 is 37.4. The maximum absolute atomic E-state index is 12.5. The second kappa shape index (κ2) is 4.71. The SMILES string of the molecule is O=C1[C@H]2CCCCN2C(=O)N1c1ccc(C(F)(F)F)nc1. The Labute approximate surface area is 118 Å².